The molecule has 0 aromatic carbocycles. The van der Waals surface area contributed by atoms with Gasteiger partial charge in [0.2, 0.25) is 5.28 Å². The molecule has 3 rings (SSSR count). The van der Waals surface area contributed by atoms with E-state index in [1.54, 1.807) is 4.90 Å². The normalized spacial score (nSPS) is 23.0. The molecule has 1 amide bonds. The summed E-state index contributed by atoms with van der Waals surface area (Å²) in [5.74, 6) is 0. The summed E-state index contributed by atoms with van der Waals surface area (Å²) in [5, 5.41) is -0.00443. The minimum absolute atomic E-state index is 0.00443. The van der Waals surface area contributed by atoms with Gasteiger partial charge in [0, 0.05) is 12.3 Å². The van der Waals surface area contributed by atoms with Gasteiger partial charge in [-0.05, 0) is 57.2 Å². The van der Waals surface area contributed by atoms with Crippen molar-refractivity contribution in [3.05, 3.63) is 23.3 Å². The van der Waals surface area contributed by atoms with Gasteiger partial charge >= 0.3 is 6.09 Å². The third-order valence-corrected chi connectivity index (χ3v) is 5.71. The van der Waals surface area contributed by atoms with Gasteiger partial charge in [0.25, 0.3) is 0 Å². The zero-order chi connectivity index (χ0) is 19.3. The molecule has 2 bridgehead atoms. The van der Waals surface area contributed by atoms with Crippen LogP contribution in [0.3, 0.4) is 0 Å². The van der Waals surface area contributed by atoms with E-state index in [2.05, 4.69) is 9.97 Å². The second kappa shape index (κ2) is 6.49. The van der Waals surface area contributed by atoms with Gasteiger partial charge < -0.3 is 4.74 Å². The summed E-state index contributed by atoms with van der Waals surface area (Å²) in [7, 11) is -3.50. The Morgan fingerprint density at radius 3 is 2.62 bits per heavy atom. The van der Waals surface area contributed by atoms with Crippen molar-refractivity contribution < 1.29 is 17.9 Å². The molecule has 0 saturated carbocycles. The number of halogens is 1. The Morgan fingerprint density at radius 2 is 2.04 bits per heavy atom. The first-order chi connectivity index (χ1) is 12.0. The molecule has 2 aliphatic rings. The number of amides is 1. The van der Waals surface area contributed by atoms with Crippen LogP contribution >= 0.6 is 11.6 Å². The van der Waals surface area contributed by atoms with E-state index in [1.165, 1.54) is 6.20 Å². The van der Waals surface area contributed by atoms with Crippen molar-refractivity contribution in [1.29, 1.82) is 0 Å². The highest BCUT2D eigenvalue weighted by molar-refractivity contribution is 7.90. The van der Waals surface area contributed by atoms with Crippen LogP contribution in [0.4, 0.5) is 4.79 Å². The Balaban J connectivity index is 1.96. The average Bonchev–Trinajstić information content (AvgIpc) is 2.75. The van der Waals surface area contributed by atoms with Crippen molar-refractivity contribution in [2.24, 2.45) is 0 Å². The predicted molar refractivity (Wildman–Crippen MR) is 97.6 cm³/mol. The standard InChI is InChI=1S/C17H22ClN3O4S/c1-17(2,3)25-16(22)21-11-5-6-12(21)8-10(7-11)14-13(26(4,23)24)9-19-15(18)20-14/h7,9,11-12H,5-6,8H2,1-4H3. The first kappa shape index (κ1) is 19.1. The summed E-state index contributed by atoms with van der Waals surface area (Å²) in [6.07, 6.45) is 6.06. The summed E-state index contributed by atoms with van der Waals surface area (Å²) < 4.78 is 29.7. The molecule has 0 spiro atoms. The van der Waals surface area contributed by atoms with E-state index in [4.69, 9.17) is 16.3 Å². The highest BCUT2D eigenvalue weighted by Crippen LogP contribution is 2.40. The Morgan fingerprint density at radius 1 is 1.35 bits per heavy atom. The molecule has 0 radical (unpaired) electrons. The molecule has 0 aliphatic carbocycles. The van der Waals surface area contributed by atoms with Crippen LogP contribution in [0.1, 0.15) is 45.7 Å². The van der Waals surface area contributed by atoms with Gasteiger partial charge in [0.1, 0.15) is 10.5 Å². The number of nitrogens with zero attached hydrogens (tertiary/aromatic N) is 3. The van der Waals surface area contributed by atoms with Crippen LogP contribution < -0.4 is 0 Å². The first-order valence-electron chi connectivity index (χ1n) is 8.41. The zero-order valence-corrected chi connectivity index (χ0v) is 16.8. The number of hydrogen-bond donors (Lipinski definition) is 0. The van der Waals surface area contributed by atoms with Crippen LogP contribution in [0, 0.1) is 0 Å². The Labute approximate surface area is 158 Å². The molecule has 3 heterocycles. The number of ether oxygens (including phenoxy) is 1. The van der Waals surface area contributed by atoms with Crippen molar-refractivity contribution in [2.75, 3.05) is 6.26 Å². The van der Waals surface area contributed by atoms with E-state index in [1.807, 2.05) is 26.8 Å². The molecule has 0 N–H and O–H groups in total. The average molecular weight is 400 g/mol. The van der Waals surface area contributed by atoms with Crippen LogP contribution in [0.5, 0.6) is 0 Å². The van der Waals surface area contributed by atoms with Crippen molar-refractivity contribution in [2.45, 2.75) is 62.6 Å². The molecule has 2 atom stereocenters. The number of sulfone groups is 1. The quantitative estimate of drug-likeness (QED) is 0.710. The highest BCUT2D eigenvalue weighted by Gasteiger charge is 2.42. The van der Waals surface area contributed by atoms with E-state index in [0.29, 0.717) is 12.1 Å². The number of fused-ring (bicyclic) bond motifs is 2. The molecule has 9 heteroatoms. The molecule has 2 unspecified atom stereocenters. The molecular weight excluding hydrogens is 378 g/mol. The molecule has 7 nitrogen and oxygen atoms in total. The monoisotopic (exact) mass is 399 g/mol. The van der Waals surface area contributed by atoms with Crippen molar-refractivity contribution in [3.8, 4) is 0 Å². The van der Waals surface area contributed by atoms with Gasteiger partial charge in [-0.3, -0.25) is 4.90 Å². The van der Waals surface area contributed by atoms with Gasteiger partial charge in [-0.25, -0.2) is 23.2 Å². The van der Waals surface area contributed by atoms with E-state index < -0.39 is 15.4 Å². The Hall–Kier alpha value is -1.67. The van der Waals surface area contributed by atoms with E-state index in [0.717, 1.165) is 24.7 Å². The molecule has 1 aromatic heterocycles. The van der Waals surface area contributed by atoms with Crippen LogP contribution in [0.2, 0.25) is 5.28 Å². The summed E-state index contributed by atoms with van der Waals surface area (Å²) in [5.41, 5.74) is 0.541. The van der Waals surface area contributed by atoms with Gasteiger partial charge in [-0.15, -0.1) is 0 Å². The molecule has 1 saturated heterocycles. The van der Waals surface area contributed by atoms with E-state index in [-0.39, 0.29) is 28.4 Å². The minimum Gasteiger partial charge on any atom is -0.444 e. The first-order valence-corrected chi connectivity index (χ1v) is 10.7. The summed E-state index contributed by atoms with van der Waals surface area (Å²) >= 11 is 5.90. The molecular formula is C17H22ClN3O4S. The second-order valence-electron chi connectivity index (χ2n) is 7.71. The van der Waals surface area contributed by atoms with Gasteiger partial charge in [0.15, 0.2) is 9.84 Å². The molecule has 2 aliphatic heterocycles. The van der Waals surface area contributed by atoms with Gasteiger partial charge in [0.05, 0.1) is 17.9 Å². The van der Waals surface area contributed by atoms with Crippen molar-refractivity contribution >= 4 is 33.1 Å². The smallest absolute Gasteiger partial charge is 0.411 e. The predicted octanol–water partition coefficient (Wildman–Crippen LogP) is 3.09. The Kier molecular flexibility index (Phi) is 4.77. The lowest BCUT2D eigenvalue weighted by Crippen LogP contribution is -2.45. The van der Waals surface area contributed by atoms with E-state index in [9.17, 15) is 13.2 Å². The lowest BCUT2D eigenvalue weighted by Gasteiger charge is -2.35. The van der Waals surface area contributed by atoms with Crippen molar-refractivity contribution in [3.63, 3.8) is 0 Å². The maximum Gasteiger partial charge on any atom is 0.411 e. The fourth-order valence-electron chi connectivity index (χ4n) is 3.46. The van der Waals surface area contributed by atoms with Crippen LogP contribution in [-0.4, -0.2) is 53.3 Å². The maximum absolute atomic E-state index is 12.5. The van der Waals surface area contributed by atoms with Crippen molar-refractivity contribution in [1.82, 2.24) is 14.9 Å². The maximum atomic E-state index is 12.5. The summed E-state index contributed by atoms with van der Waals surface area (Å²) in [6.45, 7) is 5.50. The minimum atomic E-state index is -3.50. The molecule has 1 fully saturated rings. The molecule has 1 aromatic rings. The number of rotatable bonds is 2. The number of hydrogen-bond acceptors (Lipinski definition) is 6. The topological polar surface area (TPSA) is 89.5 Å². The zero-order valence-electron chi connectivity index (χ0n) is 15.2. The summed E-state index contributed by atoms with van der Waals surface area (Å²) in [4.78, 5) is 22.3. The van der Waals surface area contributed by atoms with Gasteiger partial charge in [-0.2, -0.15) is 0 Å². The number of aromatic nitrogens is 2. The number of carbonyl (C=O) groups excluding carboxylic acids is 1. The summed E-state index contributed by atoms with van der Waals surface area (Å²) in [6, 6.07) is -0.184. The largest absolute Gasteiger partial charge is 0.444 e. The number of carbonyl (C=O) groups is 1. The van der Waals surface area contributed by atoms with Crippen LogP contribution in [-0.2, 0) is 14.6 Å². The molecule has 142 valence electrons. The fourth-order valence-corrected chi connectivity index (χ4v) is 4.36. The second-order valence-corrected chi connectivity index (χ2v) is 10.0. The lowest BCUT2D eigenvalue weighted by molar-refractivity contribution is 0.0175. The van der Waals surface area contributed by atoms with Crippen LogP contribution in [0.25, 0.3) is 5.57 Å². The van der Waals surface area contributed by atoms with E-state index >= 15 is 0 Å². The van der Waals surface area contributed by atoms with Crippen LogP contribution in [0.15, 0.2) is 17.2 Å². The lowest BCUT2D eigenvalue weighted by atomic mass is 9.98. The SMILES string of the molecule is CC(C)(C)OC(=O)N1C2C=C(c3nc(Cl)ncc3S(C)(=O)=O)CC1CC2. The fraction of sp³-hybridized carbons (Fsp3) is 0.588. The third kappa shape index (κ3) is 3.86. The highest BCUT2D eigenvalue weighted by atomic mass is 35.5. The van der Waals surface area contributed by atoms with Gasteiger partial charge in [-0.1, -0.05) is 6.08 Å². The molecule has 26 heavy (non-hydrogen) atoms. The Bertz CT molecular complexity index is 876. The third-order valence-electron chi connectivity index (χ3n) is 4.43.